The molecule has 3 aliphatic rings. The van der Waals surface area contributed by atoms with Gasteiger partial charge in [-0.15, -0.1) is 0 Å². The molecule has 0 aromatic heterocycles. The van der Waals surface area contributed by atoms with Crippen molar-refractivity contribution in [2.45, 2.75) is 6.42 Å². The van der Waals surface area contributed by atoms with Crippen molar-refractivity contribution >= 4 is 11.4 Å². The third-order valence-corrected chi connectivity index (χ3v) is 4.43. The molecule has 1 aromatic rings. The van der Waals surface area contributed by atoms with E-state index in [1.807, 2.05) is 59.6 Å². The van der Waals surface area contributed by atoms with Crippen LogP contribution in [0.3, 0.4) is 0 Å². The van der Waals surface area contributed by atoms with Gasteiger partial charge in [-0.25, -0.2) is 0 Å². The van der Waals surface area contributed by atoms with Gasteiger partial charge in [-0.3, -0.25) is 0 Å². The molecule has 0 spiro atoms. The molecule has 0 atom stereocenters. The van der Waals surface area contributed by atoms with E-state index in [9.17, 15) is 10.2 Å². The Labute approximate surface area is 162 Å². The van der Waals surface area contributed by atoms with Crippen molar-refractivity contribution in [3.63, 3.8) is 0 Å². The maximum atomic E-state index is 9.64. The third-order valence-electron chi connectivity index (χ3n) is 4.43. The first-order valence-electron chi connectivity index (χ1n) is 7.95. The minimum atomic E-state index is -0.0578. The number of para-hydroxylation sites is 2. The standard InChI is InChI=1S/C18H20N4O2.Pt/c23-13-21-11-19(15-6-2-1-3-7-17(15)21)10-20-12-22(14-24)18-9-5-4-8-16(18)20;/h1-6,8-9,11-12,23-24H,7,10,13-14H2;/q-2;+2. The van der Waals surface area contributed by atoms with Crippen molar-refractivity contribution in [3.8, 4) is 0 Å². The molecule has 0 unspecified atom stereocenters. The molecule has 2 N–H and O–H groups in total. The van der Waals surface area contributed by atoms with Crippen LogP contribution in [0.25, 0.3) is 0 Å². The normalized spacial score (nSPS) is 18.5. The molecule has 0 saturated heterocycles. The van der Waals surface area contributed by atoms with Gasteiger partial charge < -0.3 is 29.8 Å². The molecule has 7 heteroatoms. The molecule has 1 aliphatic carbocycles. The van der Waals surface area contributed by atoms with Gasteiger partial charge >= 0.3 is 21.1 Å². The van der Waals surface area contributed by atoms with Gasteiger partial charge in [0.1, 0.15) is 0 Å². The number of nitrogens with zero attached hydrogens (tertiary/aromatic N) is 4. The second kappa shape index (κ2) is 7.64. The molecule has 0 bridgehead atoms. The summed E-state index contributed by atoms with van der Waals surface area (Å²) in [4.78, 5) is 7.89. The van der Waals surface area contributed by atoms with Crippen LogP contribution in [0.4, 0.5) is 11.4 Å². The summed E-state index contributed by atoms with van der Waals surface area (Å²) >= 11 is 0. The van der Waals surface area contributed by atoms with Crippen LogP contribution in [0.5, 0.6) is 0 Å². The van der Waals surface area contributed by atoms with Crippen LogP contribution in [-0.4, -0.2) is 40.1 Å². The fraction of sp³-hybridized carbons (Fsp3) is 0.222. The number of allylic oxidation sites excluding steroid dienone is 4. The predicted octanol–water partition coefficient (Wildman–Crippen LogP) is 1.75. The number of aliphatic hydroxyl groups excluding tert-OH is 2. The van der Waals surface area contributed by atoms with Gasteiger partial charge in [0, 0.05) is 35.9 Å². The van der Waals surface area contributed by atoms with E-state index in [2.05, 4.69) is 22.0 Å². The van der Waals surface area contributed by atoms with E-state index in [1.165, 1.54) is 0 Å². The van der Waals surface area contributed by atoms with Crippen LogP contribution in [0.15, 0.2) is 60.0 Å². The summed E-state index contributed by atoms with van der Waals surface area (Å²) < 4.78 is 0. The molecule has 2 aliphatic heterocycles. The Morgan fingerprint density at radius 2 is 1.56 bits per heavy atom. The van der Waals surface area contributed by atoms with Gasteiger partial charge in [-0.1, -0.05) is 30.4 Å². The number of fused-ring (bicyclic) bond motifs is 1. The Hall–Kier alpha value is -1.75. The zero-order valence-corrected chi connectivity index (χ0v) is 15.9. The van der Waals surface area contributed by atoms with Crippen molar-refractivity contribution in [2.75, 3.05) is 29.9 Å². The molecule has 4 rings (SSSR count). The van der Waals surface area contributed by atoms with E-state index in [-0.39, 0.29) is 34.5 Å². The number of anilines is 2. The zero-order chi connectivity index (χ0) is 16.5. The van der Waals surface area contributed by atoms with Crippen molar-refractivity contribution in [1.29, 1.82) is 0 Å². The minimum absolute atomic E-state index is 0. The van der Waals surface area contributed by atoms with Crippen LogP contribution in [-0.2, 0) is 21.1 Å². The van der Waals surface area contributed by atoms with Crippen molar-refractivity contribution in [1.82, 2.24) is 9.80 Å². The van der Waals surface area contributed by atoms with Gasteiger partial charge in [0.25, 0.3) is 0 Å². The third kappa shape index (κ3) is 3.22. The molecule has 25 heavy (non-hydrogen) atoms. The monoisotopic (exact) mass is 519 g/mol. The summed E-state index contributed by atoms with van der Waals surface area (Å²) in [7, 11) is 0. The molecule has 0 amide bonds. The quantitative estimate of drug-likeness (QED) is 0.592. The van der Waals surface area contributed by atoms with Gasteiger partial charge in [-0.05, 0) is 18.2 Å². The largest absolute Gasteiger partial charge is 2.00 e. The first-order chi connectivity index (χ1) is 11.8. The average Bonchev–Trinajstić information content (AvgIpc) is 3.02. The molecular formula is C18H20N4O2Pt. The van der Waals surface area contributed by atoms with E-state index in [1.54, 1.807) is 0 Å². The van der Waals surface area contributed by atoms with Gasteiger partial charge in [0.15, 0.2) is 0 Å². The number of hydrogen-bond acceptors (Lipinski definition) is 6. The van der Waals surface area contributed by atoms with Crippen molar-refractivity contribution in [2.24, 2.45) is 0 Å². The van der Waals surface area contributed by atoms with E-state index < -0.39 is 0 Å². The summed E-state index contributed by atoms with van der Waals surface area (Å²) in [5, 5.41) is 19.2. The summed E-state index contributed by atoms with van der Waals surface area (Å²) in [5.41, 5.74) is 4.22. The first kappa shape index (κ1) is 18.1. The summed E-state index contributed by atoms with van der Waals surface area (Å²) in [6, 6.07) is 8.00. The smallest absolute Gasteiger partial charge is 0.488 e. The molecule has 1 aromatic carbocycles. The summed E-state index contributed by atoms with van der Waals surface area (Å²) in [5.74, 6) is 0. The molecular weight excluding hydrogens is 499 g/mol. The van der Waals surface area contributed by atoms with Gasteiger partial charge in [0.05, 0.1) is 13.5 Å². The second-order valence-corrected chi connectivity index (χ2v) is 5.85. The Kier molecular flexibility index (Phi) is 5.52. The SMILES string of the molecule is OCN1[CH-]N(CN2[CH-]N(CO)c3ccccc32)C2=C1CC=CC=C2.[Pt+2]. The molecule has 0 fully saturated rings. The van der Waals surface area contributed by atoms with Gasteiger partial charge in [0.2, 0.25) is 0 Å². The fourth-order valence-corrected chi connectivity index (χ4v) is 3.30. The van der Waals surface area contributed by atoms with E-state index in [0.29, 0.717) is 6.67 Å². The first-order valence-corrected chi connectivity index (χ1v) is 7.95. The number of aliphatic hydroxyl groups is 2. The Morgan fingerprint density at radius 1 is 0.880 bits per heavy atom. The minimum Gasteiger partial charge on any atom is -0.488 e. The molecule has 6 nitrogen and oxygen atoms in total. The van der Waals surface area contributed by atoms with E-state index in [4.69, 9.17) is 0 Å². The zero-order valence-electron chi connectivity index (χ0n) is 13.6. The topological polar surface area (TPSA) is 53.4 Å². The maximum Gasteiger partial charge on any atom is 2.00 e. The summed E-state index contributed by atoms with van der Waals surface area (Å²) in [6.07, 6.45) is 8.99. The van der Waals surface area contributed by atoms with E-state index in [0.717, 1.165) is 29.2 Å². The molecule has 134 valence electrons. The van der Waals surface area contributed by atoms with Crippen LogP contribution in [0.1, 0.15) is 6.42 Å². The predicted molar refractivity (Wildman–Crippen MR) is 92.6 cm³/mol. The fourth-order valence-electron chi connectivity index (χ4n) is 3.30. The molecule has 0 saturated carbocycles. The molecule has 2 heterocycles. The number of rotatable bonds is 4. The summed E-state index contributed by atoms with van der Waals surface area (Å²) in [6.45, 7) is 4.36. The number of benzene rings is 1. The maximum absolute atomic E-state index is 9.64. The second-order valence-electron chi connectivity index (χ2n) is 5.85. The Bertz CT molecular complexity index is 719. The van der Waals surface area contributed by atoms with E-state index >= 15 is 0 Å². The Morgan fingerprint density at radius 3 is 2.28 bits per heavy atom. The molecule has 0 radical (unpaired) electrons. The van der Waals surface area contributed by atoms with Gasteiger partial charge in [-0.2, -0.15) is 13.3 Å². The van der Waals surface area contributed by atoms with Crippen LogP contribution in [0.2, 0.25) is 0 Å². The van der Waals surface area contributed by atoms with Crippen LogP contribution < -0.4 is 9.80 Å². The Balaban J connectivity index is 0.00000182. The van der Waals surface area contributed by atoms with Crippen LogP contribution in [0, 0.1) is 13.3 Å². The van der Waals surface area contributed by atoms with Crippen LogP contribution >= 0.6 is 0 Å². The average molecular weight is 519 g/mol. The number of hydrogen-bond donors (Lipinski definition) is 2. The van der Waals surface area contributed by atoms with Crippen molar-refractivity contribution < 1.29 is 31.3 Å². The van der Waals surface area contributed by atoms with Crippen molar-refractivity contribution in [3.05, 3.63) is 73.3 Å².